The molecule has 31 heavy (non-hydrogen) atoms. The number of alkyl halides is 3. The molecule has 162 valence electrons. The van der Waals surface area contributed by atoms with Gasteiger partial charge in [-0.3, -0.25) is 28.6 Å². The number of carbonyl (C=O) groups excluding carboxylic acids is 1. The van der Waals surface area contributed by atoms with Crippen molar-refractivity contribution >= 4 is 11.7 Å². The Hall–Kier alpha value is -3.83. The van der Waals surface area contributed by atoms with E-state index in [-0.39, 0.29) is 11.4 Å². The topological polar surface area (TPSA) is 111 Å². The van der Waals surface area contributed by atoms with Crippen LogP contribution in [0, 0.1) is 6.92 Å². The predicted octanol–water partition coefficient (Wildman–Crippen LogP) is 0.672. The van der Waals surface area contributed by atoms with E-state index in [9.17, 15) is 32.3 Å². The number of amides is 1. The maximum Gasteiger partial charge on any atom is 0.411 e. The molecular weight excluding hydrogens is 419 g/mol. The zero-order chi connectivity index (χ0) is 22.9. The number of H-pyrrole nitrogens is 1. The van der Waals surface area contributed by atoms with E-state index in [1.54, 1.807) is 18.2 Å². The second kappa shape index (κ2) is 6.33. The quantitative estimate of drug-likeness (QED) is 0.617. The number of hydrogen-bond donors (Lipinski definition) is 2. The Bertz CT molecular complexity index is 1410. The summed E-state index contributed by atoms with van der Waals surface area (Å²) in [7, 11) is 2.13. The van der Waals surface area contributed by atoms with Crippen molar-refractivity contribution in [1.29, 1.82) is 0 Å². The normalized spacial score (nSPS) is 18.2. The first-order valence-corrected chi connectivity index (χ1v) is 9.00. The predicted molar refractivity (Wildman–Crippen MR) is 104 cm³/mol. The Kier molecular flexibility index (Phi) is 4.18. The van der Waals surface area contributed by atoms with Crippen LogP contribution in [0.4, 0.5) is 19.0 Å². The monoisotopic (exact) mass is 435 g/mol. The summed E-state index contributed by atoms with van der Waals surface area (Å²) in [5, 5.41) is 4.56. The number of aromatic nitrogens is 4. The Labute approximate surface area is 171 Å². The number of carbonyl (C=O) groups is 1. The molecule has 1 amide bonds. The molecule has 1 atom stereocenters. The SMILES string of the molecule is Cc1[nH]n(-c2ccccc2)c(=O)c1[C@]1(C(F)(F)F)C(=O)Nc2c1c(=O)n(C)c(=O)n2C. The number of nitrogens with zero attached hydrogens (tertiary/aromatic N) is 3. The smallest absolute Gasteiger partial charge is 0.310 e. The minimum Gasteiger partial charge on any atom is -0.310 e. The van der Waals surface area contributed by atoms with Crippen LogP contribution in [-0.4, -0.2) is 31.0 Å². The van der Waals surface area contributed by atoms with Gasteiger partial charge in [0.25, 0.3) is 17.0 Å². The van der Waals surface area contributed by atoms with Crippen molar-refractivity contribution in [3.8, 4) is 5.69 Å². The Morgan fingerprint density at radius 2 is 1.52 bits per heavy atom. The lowest BCUT2D eigenvalue weighted by Gasteiger charge is -2.28. The number of anilines is 1. The molecule has 9 nitrogen and oxygen atoms in total. The van der Waals surface area contributed by atoms with Crippen LogP contribution in [0.1, 0.15) is 16.8 Å². The highest BCUT2D eigenvalue weighted by molar-refractivity contribution is 6.08. The first kappa shape index (κ1) is 20.4. The lowest BCUT2D eigenvalue weighted by molar-refractivity contribution is -0.181. The van der Waals surface area contributed by atoms with Crippen molar-refractivity contribution in [2.45, 2.75) is 18.5 Å². The van der Waals surface area contributed by atoms with Crippen LogP contribution in [0.15, 0.2) is 44.7 Å². The van der Waals surface area contributed by atoms with Gasteiger partial charge in [-0.15, -0.1) is 0 Å². The number of aryl methyl sites for hydroxylation is 1. The fraction of sp³-hybridized carbons (Fsp3) is 0.263. The average Bonchev–Trinajstić information content (AvgIpc) is 3.19. The molecule has 0 bridgehead atoms. The van der Waals surface area contributed by atoms with E-state index in [0.717, 1.165) is 23.3 Å². The van der Waals surface area contributed by atoms with Crippen LogP contribution >= 0.6 is 0 Å². The number of fused-ring (bicyclic) bond motifs is 1. The molecule has 1 aromatic carbocycles. The minimum absolute atomic E-state index is 0.242. The van der Waals surface area contributed by atoms with Gasteiger partial charge in [-0.1, -0.05) is 18.2 Å². The number of aromatic amines is 1. The standard InChI is InChI=1S/C19H16F3N5O4/c1-9-11(15(29)27(24-9)10-7-5-4-6-8-10)18(19(20,21)22)12-13(23-16(18)30)25(2)17(31)26(3)14(12)28/h4-8,24H,1-3H3,(H,23,30)/t18-/m1/s1. The Morgan fingerprint density at radius 3 is 2.10 bits per heavy atom. The largest absolute Gasteiger partial charge is 0.411 e. The third-order valence-corrected chi connectivity index (χ3v) is 5.50. The molecule has 12 heteroatoms. The van der Waals surface area contributed by atoms with E-state index in [4.69, 9.17) is 0 Å². The van der Waals surface area contributed by atoms with Gasteiger partial charge in [-0.05, 0) is 19.1 Å². The van der Waals surface area contributed by atoms with Crippen molar-refractivity contribution in [2.75, 3.05) is 5.32 Å². The summed E-state index contributed by atoms with van der Waals surface area (Å²) in [6.45, 7) is 1.21. The number of para-hydroxylation sites is 1. The van der Waals surface area contributed by atoms with E-state index < -0.39 is 51.3 Å². The second-order valence-corrected chi connectivity index (χ2v) is 7.22. The van der Waals surface area contributed by atoms with Gasteiger partial charge >= 0.3 is 11.9 Å². The lowest BCUT2D eigenvalue weighted by atomic mass is 9.75. The van der Waals surface area contributed by atoms with E-state index >= 15 is 0 Å². The van der Waals surface area contributed by atoms with Crippen molar-refractivity contribution < 1.29 is 18.0 Å². The second-order valence-electron chi connectivity index (χ2n) is 7.22. The fourth-order valence-electron chi connectivity index (χ4n) is 4.04. The van der Waals surface area contributed by atoms with Crippen molar-refractivity contribution in [3.05, 3.63) is 78.3 Å². The minimum atomic E-state index is -5.37. The number of nitrogens with one attached hydrogen (secondary N) is 2. The van der Waals surface area contributed by atoms with Gasteiger partial charge in [0, 0.05) is 19.8 Å². The number of halogens is 3. The highest BCUT2D eigenvalue weighted by atomic mass is 19.4. The molecular formula is C19H16F3N5O4. The summed E-state index contributed by atoms with van der Waals surface area (Å²) in [5.74, 6) is -2.23. The van der Waals surface area contributed by atoms with Gasteiger partial charge in [-0.25, -0.2) is 9.48 Å². The summed E-state index contributed by atoms with van der Waals surface area (Å²) in [6.07, 6.45) is -5.37. The van der Waals surface area contributed by atoms with Crippen molar-refractivity contribution in [3.63, 3.8) is 0 Å². The third kappa shape index (κ3) is 2.44. The molecule has 1 aliphatic heterocycles. The summed E-state index contributed by atoms with van der Waals surface area (Å²) in [5.41, 5.74) is -8.93. The molecule has 0 spiro atoms. The van der Waals surface area contributed by atoms with E-state index in [0.29, 0.717) is 4.57 Å². The van der Waals surface area contributed by atoms with Gasteiger partial charge in [0.15, 0.2) is 0 Å². The molecule has 3 heterocycles. The van der Waals surface area contributed by atoms with Gasteiger partial charge in [0.2, 0.25) is 5.41 Å². The lowest BCUT2D eigenvalue weighted by Crippen LogP contribution is -2.55. The van der Waals surface area contributed by atoms with Crippen LogP contribution < -0.4 is 22.1 Å². The molecule has 2 aromatic heterocycles. The average molecular weight is 435 g/mol. The van der Waals surface area contributed by atoms with Crippen LogP contribution in [0.25, 0.3) is 5.69 Å². The van der Waals surface area contributed by atoms with Crippen molar-refractivity contribution in [2.24, 2.45) is 14.1 Å². The first-order valence-electron chi connectivity index (χ1n) is 9.00. The van der Waals surface area contributed by atoms with Crippen LogP contribution in [0.2, 0.25) is 0 Å². The summed E-state index contributed by atoms with van der Waals surface area (Å²) in [4.78, 5) is 51.2. The number of benzene rings is 1. The maximum atomic E-state index is 14.7. The number of hydrogen-bond acceptors (Lipinski definition) is 4. The van der Waals surface area contributed by atoms with Gasteiger partial charge in [0.05, 0.1) is 16.8 Å². The van der Waals surface area contributed by atoms with E-state index in [2.05, 4.69) is 5.10 Å². The molecule has 3 aromatic rings. The van der Waals surface area contributed by atoms with Crippen LogP contribution in [0.3, 0.4) is 0 Å². The van der Waals surface area contributed by atoms with Crippen LogP contribution in [-0.2, 0) is 24.3 Å². The van der Waals surface area contributed by atoms with Crippen LogP contribution in [0.5, 0.6) is 0 Å². The molecule has 2 N–H and O–H groups in total. The maximum absolute atomic E-state index is 14.7. The molecule has 0 saturated carbocycles. The van der Waals surface area contributed by atoms with Crippen molar-refractivity contribution in [1.82, 2.24) is 18.9 Å². The van der Waals surface area contributed by atoms with Gasteiger partial charge in [0.1, 0.15) is 5.82 Å². The molecule has 4 rings (SSSR count). The summed E-state index contributed by atoms with van der Waals surface area (Å²) >= 11 is 0. The molecule has 0 radical (unpaired) electrons. The van der Waals surface area contributed by atoms with Gasteiger partial charge in [-0.2, -0.15) is 13.2 Å². The third-order valence-electron chi connectivity index (χ3n) is 5.50. The molecule has 0 fully saturated rings. The summed E-state index contributed by atoms with van der Waals surface area (Å²) < 4.78 is 46.1. The molecule has 0 saturated heterocycles. The summed E-state index contributed by atoms with van der Waals surface area (Å²) in [6, 6.07) is 7.81. The highest BCUT2D eigenvalue weighted by Gasteiger charge is 2.70. The fourth-order valence-corrected chi connectivity index (χ4v) is 4.04. The Morgan fingerprint density at radius 1 is 0.903 bits per heavy atom. The zero-order valence-corrected chi connectivity index (χ0v) is 16.5. The Balaban J connectivity index is 2.20. The molecule has 0 unspecified atom stereocenters. The molecule has 1 aliphatic rings. The van der Waals surface area contributed by atoms with Gasteiger partial charge < -0.3 is 5.32 Å². The highest BCUT2D eigenvalue weighted by Crippen LogP contribution is 2.50. The first-order chi connectivity index (χ1) is 14.4. The van der Waals surface area contributed by atoms with E-state index in [1.165, 1.54) is 19.1 Å². The molecule has 0 aliphatic carbocycles. The zero-order valence-electron chi connectivity index (χ0n) is 16.5. The van der Waals surface area contributed by atoms with E-state index in [1.807, 2.05) is 5.32 Å². The number of rotatable bonds is 2.